The van der Waals surface area contributed by atoms with Gasteiger partial charge < -0.3 is 15.5 Å². The Kier molecular flexibility index (Phi) is 5.69. The molecule has 5 rings (SSSR count). The van der Waals surface area contributed by atoms with E-state index in [0.29, 0.717) is 11.8 Å². The van der Waals surface area contributed by atoms with Crippen LogP contribution in [0.15, 0.2) is 61.4 Å². The maximum absolute atomic E-state index is 4.50. The molecule has 0 spiro atoms. The Morgan fingerprint density at radius 2 is 1.62 bits per heavy atom. The first kappa shape index (κ1) is 20.0. The molecule has 0 bridgehead atoms. The predicted octanol–water partition coefficient (Wildman–Crippen LogP) is 2.88. The standard InChI is InChI=1S/C22H24N10/c1-31-8-10-32(11-9-31)30-22-26-13-17(14-27-22)28-16-2-3-18-19(4-5-24-20(18)12-16)29-21-15-23-6-7-25-21/h2-7,12-15,28H,8-11H2,1H3,(H,24,25,29)(H,26,27,30). The number of benzene rings is 1. The lowest BCUT2D eigenvalue weighted by molar-refractivity contribution is 0.178. The van der Waals surface area contributed by atoms with Crippen LogP contribution in [0.4, 0.5) is 28.8 Å². The minimum atomic E-state index is 0.597. The van der Waals surface area contributed by atoms with Crippen molar-refractivity contribution < 1.29 is 0 Å². The molecule has 1 fully saturated rings. The third kappa shape index (κ3) is 4.71. The SMILES string of the molecule is CN1CCN(Nc2ncc(Nc3ccc4c(Nc5cnccn5)ccnc4c3)cn2)CC1. The number of likely N-dealkylation sites (N-methyl/N-ethyl adjacent to an activating group) is 1. The largest absolute Gasteiger partial charge is 0.353 e. The molecule has 1 saturated heterocycles. The van der Waals surface area contributed by atoms with Crippen LogP contribution in [0.5, 0.6) is 0 Å². The number of pyridine rings is 1. The molecule has 162 valence electrons. The molecular weight excluding hydrogens is 404 g/mol. The fraction of sp³-hybridized carbons (Fsp3) is 0.227. The molecule has 10 heteroatoms. The van der Waals surface area contributed by atoms with Crippen LogP contribution in [-0.4, -0.2) is 68.1 Å². The summed E-state index contributed by atoms with van der Waals surface area (Å²) in [6.07, 6.45) is 10.3. The van der Waals surface area contributed by atoms with Crippen LogP contribution in [0.3, 0.4) is 0 Å². The summed E-state index contributed by atoms with van der Waals surface area (Å²) in [4.78, 5) is 24.0. The molecule has 10 nitrogen and oxygen atoms in total. The molecule has 0 saturated carbocycles. The van der Waals surface area contributed by atoms with Crippen LogP contribution >= 0.6 is 0 Å². The zero-order valence-electron chi connectivity index (χ0n) is 17.7. The Hall–Kier alpha value is -3.89. The molecule has 1 aliphatic rings. The van der Waals surface area contributed by atoms with E-state index >= 15 is 0 Å². The summed E-state index contributed by atoms with van der Waals surface area (Å²) < 4.78 is 0. The van der Waals surface area contributed by atoms with Crippen molar-refractivity contribution in [3.05, 3.63) is 61.4 Å². The van der Waals surface area contributed by atoms with Crippen molar-refractivity contribution in [2.75, 3.05) is 49.3 Å². The minimum absolute atomic E-state index is 0.597. The summed E-state index contributed by atoms with van der Waals surface area (Å²) in [5.41, 5.74) is 6.77. The van der Waals surface area contributed by atoms with Crippen molar-refractivity contribution in [3.8, 4) is 0 Å². The Balaban J connectivity index is 1.27. The van der Waals surface area contributed by atoms with Crippen molar-refractivity contribution in [2.24, 2.45) is 0 Å². The van der Waals surface area contributed by atoms with Gasteiger partial charge in [0.15, 0.2) is 0 Å². The topological polar surface area (TPSA) is 107 Å². The molecule has 0 atom stereocenters. The highest BCUT2D eigenvalue weighted by molar-refractivity contribution is 5.94. The molecule has 32 heavy (non-hydrogen) atoms. The highest BCUT2D eigenvalue weighted by Gasteiger charge is 2.14. The molecule has 0 amide bonds. The zero-order valence-corrected chi connectivity index (χ0v) is 17.7. The van der Waals surface area contributed by atoms with Crippen molar-refractivity contribution >= 4 is 39.7 Å². The Bertz CT molecular complexity index is 1170. The minimum Gasteiger partial charge on any atom is -0.353 e. The Labute approximate surface area is 185 Å². The molecule has 4 heterocycles. The van der Waals surface area contributed by atoms with Gasteiger partial charge in [0.1, 0.15) is 5.82 Å². The van der Waals surface area contributed by atoms with Gasteiger partial charge in [-0.2, -0.15) is 0 Å². The predicted molar refractivity (Wildman–Crippen MR) is 125 cm³/mol. The van der Waals surface area contributed by atoms with Crippen molar-refractivity contribution in [1.29, 1.82) is 0 Å². The van der Waals surface area contributed by atoms with Gasteiger partial charge in [-0.25, -0.2) is 20.0 Å². The second-order valence-corrected chi connectivity index (χ2v) is 7.63. The molecule has 0 unspecified atom stereocenters. The van der Waals surface area contributed by atoms with E-state index in [4.69, 9.17) is 0 Å². The van der Waals surface area contributed by atoms with Crippen LogP contribution in [0.2, 0.25) is 0 Å². The Morgan fingerprint density at radius 3 is 2.41 bits per heavy atom. The summed E-state index contributed by atoms with van der Waals surface area (Å²) in [6.45, 7) is 3.94. The fourth-order valence-electron chi connectivity index (χ4n) is 3.51. The summed E-state index contributed by atoms with van der Waals surface area (Å²) in [5, 5.41) is 9.77. The van der Waals surface area contributed by atoms with Crippen LogP contribution in [0.1, 0.15) is 0 Å². The molecule has 0 radical (unpaired) electrons. The van der Waals surface area contributed by atoms with Gasteiger partial charge in [-0.15, -0.1) is 0 Å². The number of rotatable bonds is 6. The van der Waals surface area contributed by atoms with Crippen molar-refractivity contribution in [2.45, 2.75) is 0 Å². The second kappa shape index (κ2) is 9.08. The fourth-order valence-corrected chi connectivity index (χ4v) is 3.51. The lowest BCUT2D eigenvalue weighted by atomic mass is 10.1. The zero-order chi connectivity index (χ0) is 21.8. The van der Waals surface area contributed by atoms with Crippen LogP contribution in [-0.2, 0) is 0 Å². The highest BCUT2D eigenvalue weighted by atomic mass is 15.6. The van der Waals surface area contributed by atoms with Gasteiger partial charge in [0, 0.05) is 55.8 Å². The van der Waals surface area contributed by atoms with Gasteiger partial charge in [0.2, 0.25) is 5.95 Å². The van der Waals surface area contributed by atoms with Gasteiger partial charge in [-0.3, -0.25) is 15.4 Å². The van der Waals surface area contributed by atoms with Gasteiger partial charge in [0.05, 0.1) is 35.5 Å². The van der Waals surface area contributed by atoms with E-state index in [0.717, 1.165) is 54.1 Å². The molecular formula is C22H24N10. The second-order valence-electron chi connectivity index (χ2n) is 7.63. The van der Waals surface area contributed by atoms with E-state index in [1.807, 2.05) is 24.3 Å². The Morgan fingerprint density at radius 1 is 0.781 bits per heavy atom. The van der Waals surface area contributed by atoms with E-state index in [1.165, 1.54) is 0 Å². The number of aromatic nitrogens is 5. The van der Waals surface area contributed by atoms with E-state index in [-0.39, 0.29) is 0 Å². The number of hydrogen-bond donors (Lipinski definition) is 3. The molecule has 1 aromatic carbocycles. The average Bonchev–Trinajstić information content (AvgIpc) is 2.83. The van der Waals surface area contributed by atoms with Gasteiger partial charge in [-0.1, -0.05) is 0 Å². The highest BCUT2D eigenvalue weighted by Crippen LogP contribution is 2.27. The maximum atomic E-state index is 4.50. The summed E-state index contributed by atoms with van der Waals surface area (Å²) >= 11 is 0. The van der Waals surface area contributed by atoms with E-state index < -0.39 is 0 Å². The number of piperazine rings is 1. The lowest BCUT2D eigenvalue weighted by Crippen LogP contribution is -2.47. The first-order valence-corrected chi connectivity index (χ1v) is 10.4. The number of anilines is 5. The van der Waals surface area contributed by atoms with Gasteiger partial charge >= 0.3 is 0 Å². The number of nitrogens with one attached hydrogen (secondary N) is 3. The van der Waals surface area contributed by atoms with Crippen molar-refractivity contribution in [1.82, 2.24) is 34.8 Å². The summed E-state index contributed by atoms with van der Waals surface area (Å²) in [6, 6.07) is 7.94. The van der Waals surface area contributed by atoms with Gasteiger partial charge in [0.25, 0.3) is 0 Å². The molecule has 4 aromatic rings. The number of nitrogens with zero attached hydrogens (tertiary/aromatic N) is 7. The van der Waals surface area contributed by atoms with E-state index in [9.17, 15) is 0 Å². The quantitative estimate of drug-likeness (QED) is 0.424. The van der Waals surface area contributed by atoms with E-state index in [1.54, 1.807) is 37.2 Å². The van der Waals surface area contributed by atoms with Crippen LogP contribution in [0, 0.1) is 0 Å². The normalized spacial score (nSPS) is 14.9. The third-order valence-electron chi connectivity index (χ3n) is 5.27. The summed E-state index contributed by atoms with van der Waals surface area (Å²) in [5.74, 6) is 1.28. The average molecular weight is 429 g/mol. The molecule has 3 aromatic heterocycles. The summed E-state index contributed by atoms with van der Waals surface area (Å²) in [7, 11) is 2.13. The maximum Gasteiger partial charge on any atom is 0.237 e. The van der Waals surface area contributed by atoms with Crippen LogP contribution in [0.25, 0.3) is 10.9 Å². The monoisotopic (exact) mass is 428 g/mol. The first-order valence-electron chi connectivity index (χ1n) is 10.4. The lowest BCUT2D eigenvalue weighted by Gasteiger charge is -2.32. The van der Waals surface area contributed by atoms with E-state index in [2.05, 4.69) is 57.9 Å². The molecule has 1 aliphatic heterocycles. The van der Waals surface area contributed by atoms with Gasteiger partial charge in [-0.05, 0) is 31.3 Å². The third-order valence-corrected chi connectivity index (χ3v) is 5.27. The number of fused-ring (bicyclic) bond motifs is 1. The molecule has 3 N–H and O–H groups in total. The number of hydrazine groups is 1. The number of hydrogen-bond acceptors (Lipinski definition) is 10. The smallest absolute Gasteiger partial charge is 0.237 e. The first-order chi connectivity index (χ1) is 15.7. The van der Waals surface area contributed by atoms with Crippen molar-refractivity contribution in [3.63, 3.8) is 0 Å². The molecule has 0 aliphatic carbocycles. The van der Waals surface area contributed by atoms with Crippen LogP contribution < -0.4 is 16.1 Å².